The minimum absolute atomic E-state index is 0.0698. The van der Waals surface area contributed by atoms with Crippen LogP contribution in [0.1, 0.15) is 27.3 Å². The van der Waals surface area contributed by atoms with E-state index in [0.29, 0.717) is 21.8 Å². The molecule has 0 saturated heterocycles. The van der Waals surface area contributed by atoms with Gasteiger partial charge in [0.2, 0.25) is 5.78 Å². The van der Waals surface area contributed by atoms with Crippen LogP contribution in [0.3, 0.4) is 0 Å². The number of sulfonamides is 1. The number of esters is 1. The molecule has 1 aromatic heterocycles. The van der Waals surface area contributed by atoms with E-state index in [0.717, 1.165) is 11.4 Å². The number of nitrogens with one attached hydrogen (secondary N) is 1. The summed E-state index contributed by atoms with van der Waals surface area (Å²) < 4.78 is 33.5. The highest BCUT2D eigenvalue weighted by Gasteiger charge is 2.30. The number of amidine groups is 1. The van der Waals surface area contributed by atoms with Gasteiger partial charge in [-0.3, -0.25) is 19.3 Å². The topological polar surface area (TPSA) is 107 Å². The lowest BCUT2D eigenvalue weighted by atomic mass is 10.1. The quantitative estimate of drug-likeness (QED) is 0.426. The summed E-state index contributed by atoms with van der Waals surface area (Å²) >= 11 is 5.96. The fourth-order valence-electron chi connectivity index (χ4n) is 3.70. The van der Waals surface area contributed by atoms with Crippen molar-refractivity contribution in [3.8, 4) is 5.69 Å². The Morgan fingerprint density at radius 1 is 1.09 bits per heavy atom. The average molecular weight is 486 g/mol. The highest BCUT2D eigenvalue weighted by molar-refractivity contribution is 7.90. The van der Waals surface area contributed by atoms with Crippen molar-refractivity contribution in [3.05, 3.63) is 82.1 Å². The normalized spacial score (nSPS) is 15.2. The van der Waals surface area contributed by atoms with Gasteiger partial charge in [0.05, 0.1) is 4.90 Å². The Balaban J connectivity index is 1.42. The van der Waals surface area contributed by atoms with Crippen molar-refractivity contribution in [3.63, 3.8) is 0 Å². The largest absolute Gasteiger partial charge is 0.456 e. The molecule has 0 bridgehead atoms. The molecule has 0 amide bonds. The molecule has 1 aliphatic heterocycles. The molecule has 0 unspecified atom stereocenters. The number of aromatic nitrogens is 1. The second-order valence-corrected chi connectivity index (χ2v) is 9.53. The number of nitrogens with zero attached hydrogens (tertiary/aromatic N) is 2. The number of fused-ring (bicyclic) bond motifs is 1. The molecule has 0 aliphatic carbocycles. The lowest BCUT2D eigenvalue weighted by Crippen LogP contribution is -2.24. The second-order valence-electron chi connectivity index (χ2n) is 7.45. The Labute approximate surface area is 195 Å². The number of halogens is 1. The van der Waals surface area contributed by atoms with Crippen molar-refractivity contribution in [1.82, 2.24) is 9.29 Å². The molecule has 0 atom stereocenters. The highest BCUT2D eigenvalue weighted by Crippen LogP contribution is 2.23. The summed E-state index contributed by atoms with van der Waals surface area (Å²) in [5.41, 5.74) is 3.26. The first-order valence-electron chi connectivity index (χ1n) is 9.98. The maximum Gasteiger partial charge on any atom is 0.328 e. The zero-order valence-corrected chi connectivity index (χ0v) is 19.4. The SMILES string of the molecule is Cc1cc(C(=O)COC(=O)CN=C2NS(=O)(=O)c3ccccc32)c(C)n1-c1ccc(Cl)cc1. The minimum atomic E-state index is -3.69. The van der Waals surface area contributed by atoms with E-state index in [4.69, 9.17) is 16.3 Å². The number of aliphatic imine (C=N–C) groups is 1. The summed E-state index contributed by atoms with van der Waals surface area (Å²) in [6.45, 7) is 2.81. The van der Waals surface area contributed by atoms with Crippen LogP contribution >= 0.6 is 11.6 Å². The van der Waals surface area contributed by atoms with Crippen LogP contribution in [-0.2, 0) is 19.6 Å². The van der Waals surface area contributed by atoms with E-state index in [2.05, 4.69) is 9.71 Å². The van der Waals surface area contributed by atoms with Gasteiger partial charge < -0.3 is 9.30 Å². The molecule has 0 fully saturated rings. The zero-order valence-electron chi connectivity index (χ0n) is 17.8. The maximum absolute atomic E-state index is 12.7. The van der Waals surface area contributed by atoms with Crippen molar-refractivity contribution in [2.24, 2.45) is 4.99 Å². The Hall–Kier alpha value is -3.43. The van der Waals surface area contributed by atoms with Crippen LogP contribution in [0.2, 0.25) is 5.02 Å². The van der Waals surface area contributed by atoms with Gasteiger partial charge in [0, 0.05) is 33.2 Å². The molecule has 10 heteroatoms. The Morgan fingerprint density at radius 2 is 1.79 bits per heavy atom. The second kappa shape index (κ2) is 8.84. The van der Waals surface area contributed by atoms with E-state index in [-0.39, 0.29) is 16.5 Å². The number of hydrogen-bond donors (Lipinski definition) is 1. The summed E-state index contributed by atoms with van der Waals surface area (Å²) in [5.74, 6) is -1.03. The van der Waals surface area contributed by atoms with Crippen LogP contribution in [0.25, 0.3) is 5.69 Å². The molecule has 1 aliphatic rings. The van der Waals surface area contributed by atoms with E-state index in [1.165, 1.54) is 6.07 Å². The van der Waals surface area contributed by atoms with E-state index in [1.54, 1.807) is 36.4 Å². The van der Waals surface area contributed by atoms with Gasteiger partial charge in [0.1, 0.15) is 12.4 Å². The van der Waals surface area contributed by atoms with Gasteiger partial charge in [0.15, 0.2) is 6.61 Å². The number of aryl methyl sites for hydroxylation is 1. The molecular formula is C23H20ClN3O5S. The summed E-state index contributed by atoms with van der Waals surface area (Å²) in [4.78, 5) is 29.0. The average Bonchev–Trinajstić information content (AvgIpc) is 3.23. The summed E-state index contributed by atoms with van der Waals surface area (Å²) in [6, 6.07) is 15.3. The molecular weight excluding hydrogens is 466 g/mol. The Bertz CT molecular complexity index is 1390. The van der Waals surface area contributed by atoms with E-state index in [9.17, 15) is 18.0 Å². The van der Waals surface area contributed by atoms with Crippen LogP contribution in [0.4, 0.5) is 0 Å². The summed E-state index contributed by atoms with van der Waals surface area (Å²) in [6.07, 6.45) is 0. The first-order valence-corrected chi connectivity index (χ1v) is 11.8. The molecule has 2 heterocycles. The van der Waals surface area contributed by atoms with Crippen molar-refractivity contribution < 1.29 is 22.7 Å². The van der Waals surface area contributed by atoms with Gasteiger partial charge in [-0.2, -0.15) is 0 Å². The van der Waals surface area contributed by atoms with Crippen LogP contribution < -0.4 is 4.72 Å². The Morgan fingerprint density at radius 3 is 2.52 bits per heavy atom. The highest BCUT2D eigenvalue weighted by atomic mass is 35.5. The first-order chi connectivity index (χ1) is 15.7. The van der Waals surface area contributed by atoms with E-state index >= 15 is 0 Å². The third kappa shape index (κ3) is 4.55. The van der Waals surface area contributed by atoms with Crippen molar-refractivity contribution >= 4 is 39.2 Å². The fraction of sp³-hybridized carbons (Fsp3) is 0.174. The summed E-state index contributed by atoms with van der Waals surface area (Å²) in [7, 11) is -3.69. The predicted molar refractivity (Wildman–Crippen MR) is 124 cm³/mol. The molecule has 1 N–H and O–H groups in total. The number of carbonyl (C=O) groups is 2. The maximum atomic E-state index is 12.7. The first kappa shape index (κ1) is 22.8. The van der Waals surface area contributed by atoms with Gasteiger partial charge in [-0.05, 0) is 56.3 Å². The van der Waals surface area contributed by atoms with Crippen molar-refractivity contribution in [2.75, 3.05) is 13.2 Å². The molecule has 33 heavy (non-hydrogen) atoms. The molecule has 0 spiro atoms. The molecule has 0 radical (unpaired) electrons. The van der Waals surface area contributed by atoms with Crippen LogP contribution in [0.5, 0.6) is 0 Å². The fourth-order valence-corrected chi connectivity index (χ4v) is 5.07. The van der Waals surface area contributed by atoms with Gasteiger partial charge in [0.25, 0.3) is 10.0 Å². The zero-order chi connectivity index (χ0) is 23.8. The lowest BCUT2D eigenvalue weighted by molar-refractivity contribution is -0.140. The van der Waals surface area contributed by atoms with Crippen LogP contribution in [0.15, 0.2) is 64.5 Å². The minimum Gasteiger partial charge on any atom is -0.456 e. The number of benzene rings is 2. The van der Waals surface area contributed by atoms with Gasteiger partial charge in [-0.15, -0.1) is 0 Å². The standard InChI is InChI=1S/C23H20ClN3O5S/c1-14-11-19(15(2)27(14)17-9-7-16(24)8-10-17)20(28)13-32-22(29)12-25-23-18-5-3-4-6-21(18)33(30,31)26-23/h3-11H,12-13H2,1-2H3,(H,25,26). The van der Waals surface area contributed by atoms with Gasteiger partial charge in [-0.1, -0.05) is 23.7 Å². The third-order valence-corrected chi connectivity index (χ3v) is 6.86. The number of carbonyl (C=O) groups excluding carboxylic acids is 2. The van der Waals surface area contributed by atoms with Gasteiger partial charge >= 0.3 is 5.97 Å². The predicted octanol–water partition coefficient (Wildman–Crippen LogP) is 3.21. The van der Waals surface area contributed by atoms with E-state index in [1.807, 2.05) is 30.5 Å². The molecule has 0 saturated carbocycles. The van der Waals surface area contributed by atoms with Crippen molar-refractivity contribution in [1.29, 1.82) is 0 Å². The van der Waals surface area contributed by atoms with Crippen LogP contribution in [0, 0.1) is 13.8 Å². The monoisotopic (exact) mass is 485 g/mol. The third-order valence-electron chi connectivity index (χ3n) is 5.21. The molecule has 4 rings (SSSR count). The number of ether oxygens (including phenoxy) is 1. The molecule has 8 nitrogen and oxygen atoms in total. The molecule has 2 aromatic carbocycles. The molecule has 3 aromatic rings. The molecule has 170 valence electrons. The Kier molecular flexibility index (Phi) is 6.09. The smallest absolute Gasteiger partial charge is 0.328 e. The number of Topliss-reactive ketones (excluding diaryl/α,β-unsaturated/α-hetero) is 1. The van der Waals surface area contributed by atoms with Gasteiger partial charge in [-0.25, -0.2) is 8.42 Å². The number of rotatable bonds is 6. The lowest BCUT2D eigenvalue weighted by Gasteiger charge is -2.10. The number of hydrogen-bond acceptors (Lipinski definition) is 6. The number of ketones is 1. The van der Waals surface area contributed by atoms with E-state index < -0.39 is 29.1 Å². The van der Waals surface area contributed by atoms with Crippen molar-refractivity contribution in [2.45, 2.75) is 18.7 Å². The summed E-state index contributed by atoms with van der Waals surface area (Å²) in [5, 5.41) is 0.613. The van der Waals surface area contributed by atoms with Crippen LogP contribution in [-0.4, -0.2) is 43.7 Å².